The van der Waals surface area contributed by atoms with Crippen molar-refractivity contribution in [3.63, 3.8) is 0 Å². The second-order valence-corrected chi connectivity index (χ2v) is 6.00. The van der Waals surface area contributed by atoms with Crippen molar-refractivity contribution in [2.24, 2.45) is 0 Å². The van der Waals surface area contributed by atoms with Gasteiger partial charge in [0.15, 0.2) is 5.75 Å². The van der Waals surface area contributed by atoms with Gasteiger partial charge in [-0.2, -0.15) is 5.26 Å². The number of sulfonamides is 1. The molecule has 0 spiro atoms. The molecule has 1 aliphatic rings. The Morgan fingerprint density at radius 3 is 2.56 bits per heavy atom. The Balaban J connectivity index is 2.33. The van der Waals surface area contributed by atoms with Crippen LogP contribution in [0.2, 0.25) is 0 Å². The molecular formula is C10H16N2O5S. The first-order valence-electron chi connectivity index (χ1n) is 5.64. The van der Waals surface area contributed by atoms with Crippen LogP contribution in [0.1, 0.15) is 19.3 Å². The molecule has 0 aliphatic carbocycles. The van der Waals surface area contributed by atoms with E-state index >= 15 is 0 Å². The normalized spacial score (nSPS) is 18.4. The molecule has 1 aliphatic heterocycles. The standard InChI is InChI=1S/C10H16N2O5S/c11-4-8-18(15,16)12-5-1-9(2-6-12)17-7-3-10(13)14/h9H,1-3,5-8H2,(H,13,14). The van der Waals surface area contributed by atoms with Crippen molar-refractivity contribution in [2.75, 3.05) is 25.4 Å². The van der Waals surface area contributed by atoms with Gasteiger partial charge in [-0.15, -0.1) is 0 Å². The van der Waals surface area contributed by atoms with Gasteiger partial charge in [-0.3, -0.25) is 4.79 Å². The van der Waals surface area contributed by atoms with Gasteiger partial charge >= 0.3 is 5.97 Å². The molecule has 18 heavy (non-hydrogen) atoms. The molecule has 0 saturated carbocycles. The van der Waals surface area contributed by atoms with Crippen molar-refractivity contribution in [3.05, 3.63) is 0 Å². The molecule has 1 fully saturated rings. The van der Waals surface area contributed by atoms with E-state index in [4.69, 9.17) is 15.1 Å². The number of ether oxygens (including phenoxy) is 1. The van der Waals surface area contributed by atoms with Crippen LogP contribution in [0.15, 0.2) is 0 Å². The lowest BCUT2D eigenvalue weighted by molar-refractivity contribution is -0.138. The van der Waals surface area contributed by atoms with E-state index in [-0.39, 0.29) is 19.1 Å². The summed E-state index contributed by atoms with van der Waals surface area (Å²) in [6, 6.07) is 1.64. The van der Waals surface area contributed by atoms with Crippen LogP contribution in [-0.2, 0) is 19.6 Å². The van der Waals surface area contributed by atoms with Crippen LogP contribution in [0.3, 0.4) is 0 Å². The number of nitrogens with zero attached hydrogens (tertiary/aromatic N) is 2. The van der Waals surface area contributed by atoms with E-state index in [0.717, 1.165) is 0 Å². The zero-order valence-electron chi connectivity index (χ0n) is 9.91. The summed E-state index contributed by atoms with van der Waals surface area (Å²) < 4.78 is 29.8. The second kappa shape index (κ2) is 6.68. The molecule has 1 heterocycles. The van der Waals surface area contributed by atoms with Gasteiger partial charge in [0, 0.05) is 13.1 Å². The van der Waals surface area contributed by atoms with Gasteiger partial charge in [0.2, 0.25) is 10.0 Å². The highest BCUT2D eigenvalue weighted by atomic mass is 32.2. The van der Waals surface area contributed by atoms with Gasteiger partial charge in [0.05, 0.1) is 25.2 Å². The van der Waals surface area contributed by atoms with Crippen LogP contribution in [0.25, 0.3) is 0 Å². The SMILES string of the molecule is N#CCS(=O)(=O)N1CCC(OCCC(=O)O)CC1. The molecule has 8 heteroatoms. The average molecular weight is 276 g/mol. The van der Waals surface area contributed by atoms with E-state index in [1.807, 2.05) is 0 Å². The highest BCUT2D eigenvalue weighted by Crippen LogP contribution is 2.17. The van der Waals surface area contributed by atoms with Crippen molar-refractivity contribution in [2.45, 2.75) is 25.4 Å². The monoisotopic (exact) mass is 276 g/mol. The van der Waals surface area contributed by atoms with Crippen molar-refractivity contribution in [1.82, 2.24) is 4.31 Å². The van der Waals surface area contributed by atoms with Crippen molar-refractivity contribution in [1.29, 1.82) is 5.26 Å². The van der Waals surface area contributed by atoms with Crippen LogP contribution >= 0.6 is 0 Å². The molecule has 1 rings (SSSR count). The van der Waals surface area contributed by atoms with Gasteiger partial charge in [-0.1, -0.05) is 0 Å². The molecule has 1 N–H and O–H groups in total. The van der Waals surface area contributed by atoms with Crippen LogP contribution in [-0.4, -0.2) is 55.4 Å². The summed E-state index contributed by atoms with van der Waals surface area (Å²) in [4.78, 5) is 10.3. The summed E-state index contributed by atoms with van der Waals surface area (Å²) in [5.41, 5.74) is 0. The van der Waals surface area contributed by atoms with Gasteiger partial charge < -0.3 is 9.84 Å². The number of piperidine rings is 1. The fourth-order valence-electron chi connectivity index (χ4n) is 1.76. The molecule has 0 unspecified atom stereocenters. The lowest BCUT2D eigenvalue weighted by Crippen LogP contribution is -2.41. The highest BCUT2D eigenvalue weighted by Gasteiger charge is 2.27. The maximum absolute atomic E-state index is 11.6. The molecule has 0 amide bonds. The number of hydrogen-bond donors (Lipinski definition) is 1. The summed E-state index contributed by atoms with van der Waals surface area (Å²) >= 11 is 0. The quantitative estimate of drug-likeness (QED) is 0.719. The first-order valence-corrected chi connectivity index (χ1v) is 7.25. The Hall–Kier alpha value is -1.17. The van der Waals surface area contributed by atoms with E-state index < -0.39 is 21.7 Å². The fourth-order valence-corrected chi connectivity index (χ4v) is 2.88. The fraction of sp³-hybridized carbons (Fsp3) is 0.800. The van der Waals surface area contributed by atoms with E-state index in [2.05, 4.69) is 0 Å². The molecular weight excluding hydrogens is 260 g/mol. The molecule has 0 radical (unpaired) electrons. The van der Waals surface area contributed by atoms with Gasteiger partial charge in [0.25, 0.3) is 0 Å². The first kappa shape index (κ1) is 14.9. The Morgan fingerprint density at radius 1 is 1.44 bits per heavy atom. The Morgan fingerprint density at radius 2 is 2.06 bits per heavy atom. The molecule has 0 aromatic carbocycles. The number of carbonyl (C=O) groups is 1. The molecule has 0 atom stereocenters. The summed E-state index contributed by atoms with van der Waals surface area (Å²) in [7, 11) is -3.47. The summed E-state index contributed by atoms with van der Waals surface area (Å²) in [6.07, 6.45) is 0.916. The van der Waals surface area contributed by atoms with E-state index in [1.54, 1.807) is 6.07 Å². The molecule has 102 valence electrons. The van der Waals surface area contributed by atoms with Crippen molar-refractivity contribution < 1.29 is 23.1 Å². The highest BCUT2D eigenvalue weighted by molar-refractivity contribution is 7.89. The first-order chi connectivity index (χ1) is 8.45. The third kappa shape index (κ3) is 4.60. The molecule has 0 bridgehead atoms. The number of carboxylic acids is 1. The summed E-state index contributed by atoms with van der Waals surface area (Å²) in [6.45, 7) is 0.786. The van der Waals surface area contributed by atoms with Crippen molar-refractivity contribution >= 4 is 16.0 Å². The molecule has 1 saturated heterocycles. The summed E-state index contributed by atoms with van der Waals surface area (Å²) in [5, 5.41) is 16.9. The summed E-state index contributed by atoms with van der Waals surface area (Å²) in [5.74, 6) is -1.42. The number of aliphatic carboxylic acids is 1. The van der Waals surface area contributed by atoms with E-state index in [9.17, 15) is 13.2 Å². The largest absolute Gasteiger partial charge is 0.481 e. The molecule has 0 aromatic rings. The Labute approximate surface area is 106 Å². The van der Waals surface area contributed by atoms with Crippen LogP contribution in [0.4, 0.5) is 0 Å². The number of rotatable bonds is 6. The third-order valence-electron chi connectivity index (χ3n) is 2.71. The lowest BCUT2D eigenvalue weighted by Gasteiger charge is -2.30. The minimum Gasteiger partial charge on any atom is -0.481 e. The minimum absolute atomic E-state index is 0.0487. The number of hydrogen-bond acceptors (Lipinski definition) is 5. The van der Waals surface area contributed by atoms with Crippen LogP contribution in [0, 0.1) is 11.3 Å². The molecule has 0 aromatic heterocycles. The minimum atomic E-state index is -3.47. The molecule has 7 nitrogen and oxygen atoms in total. The van der Waals surface area contributed by atoms with Gasteiger partial charge in [-0.25, -0.2) is 12.7 Å². The van der Waals surface area contributed by atoms with E-state index in [0.29, 0.717) is 25.9 Å². The van der Waals surface area contributed by atoms with Crippen molar-refractivity contribution in [3.8, 4) is 6.07 Å². The number of nitriles is 1. The Bertz CT molecular complexity index is 420. The third-order valence-corrected chi connectivity index (χ3v) is 4.36. The Kier molecular flexibility index (Phi) is 5.53. The van der Waals surface area contributed by atoms with Crippen LogP contribution < -0.4 is 0 Å². The average Bonchev–Trinajstić information content (AvgIpc) is 2.29. The maximum atomic E-state index is 11.6. The maximum Gasteiger partial charge on any atom is 0.305 e. The predicted molar refractivity (Wildman–Crippen MR) is 62.2 cm³/mol. The zero-order chi connectivity index (χ0) is 13.6. The lowest BCUT2D eigenvalue weighted by atomic mass is 10.1. The predicted octanol–water partition coefficient (Wildman–Crippen LogP) is -0.205. The second-order valence-electron chi connectivity index (χ2n) is 4.03. The van der Waals surface area contributed by atoms with Crippen LogP contribution in [0.5, 0.6) is 0 Å². The van der Waals surface area contributed by atoms with Gasteiger partial charge in [0.1, 0.15) is 0 Å². The van der Waals surface area contributed by atoms with E-state index in [1.165, 1.54) is 4.31 Å². The zero-order valence-corrected chi connectivity index (χ0v) is 10.7. The van der Waals surface area contributed by atoms with Gasteiger partial charge in [-0.05, 0) is 12.8 Å². The topological polar surface area (TPSA) is 108 Å². The number of carboxylic acid groups (broad SMARTS) is 1. The smallest absolute Gasteiger partial charge is 0.305 e.